The molecule has 0 unspecified atom stereocenters. The van der Waals surface area contributed by atoms with E-state index in [1.807, 2.05) is 13.0 Å². The van der Waals surface area contributed by atoms with Gasteiger partial charge in [0.1, 0.15) is 5.75 Å². The van der Waals surface area contributed by atoms with E-state index < -0.39 is 10.0 Å². The molecule has 0 saturated heterocycles. The standard InChI is InChI=1S/C14H16N2O3S/c1-10-6-7-14(19-2)13(8-10)16-20(17,18)12-5-3-4-11(15)9-12/h3-9,16H,15H2,1-2H3. The third kappa shape index (κ3) is 3.03. The smallest absolute Gasteiger partial charge is 0.262 e. The molecule has 0 fully saturated rings. The molecule has 2 aromatic carbocycles. The zero-order chi connectivity index (χ0) is 14.8. The van der Waals surface area contributed by atoms with E-state index in [9.17, 15) is 8.42 Å². The molecular weight excluding hydrogens is 276 g/mol. The monoisotopic (exact) mass is 292 g/mol. The van der Waals surface area contributed by atoms with E-state index in [4.69, 9.17) is 10.5 Å². The number of sulfonamides is 1. The summed E-state index contributed by atoms with van der Waals surface area (Å²) in [5, 5.41) is 0. The number of methoxy groups -OCH3 is 1. The summed E-state index contributed by atoms with van der Waals surface area (Å²) in [7, 11) is -2.21. The average molecular weight is 292 g/mol. The highest BCUT2D eigenvalue weighted by Crippen LogP contribution is 2.28. The van der Waals surface area contributed by atoms with Crippen LogP contribution >= 0.6 is 0 Å². The molecular formula is C14H16N2O3S. The van der Waals surface area contributed by atoms with Gasteiger partial charge in [-0.15, -0.1) is 0 Å². The lowest BCUT2D eigenvalue weighted by Crippen LogP contribution is -2.14. The minimum atomic E-state index is -3.70. The van der Waals surface area contributed by atoms with Crippen molar-refractivity contribution in [2.75, 3.05) is 17.6 Å². The van der Waals surface area contributed by atoms with Crippen LogP contribution in [0, 0.1) is 6.92 Å². The number of benzene rings is 2. The maximum absolute atomic E-state index is 12.3. The largest absolute Gasteiger partial charge is 0.495 e. The van der Waals surface area contributed by atoms with Gasteiger partial charge in [0.05, 0.1) is 17.7 Å². The zero-order valence-electron chi connectivity index (χ0n) is 11.3. The van der Waals surface area contributed by atoms with Crippen LogP contribution in [0.1, 0.15) is 5.56 Å². The van der Waals surface area contributed by atoms with E-state index in [1.54, 1.807) is 24.3 Å². The minimum absolute atomic E-state index is 0.112. The van der Waals surface area contributed by atoms with Crippen LogP contribution in [0.4, 0.5) is 11.4 Å². The van der Waals surface area contributed by atoms with Gasteiger partial charge in [-0.3, -0.25) is 4.72 Å². The SMILES string of the molecule is COc1ccc(C)cc1NS(=O)(=O)c1cccc(N)c1. The molecule has 0 heterocycles. The Morgan fingerprint density at radius 1 is 1.15 bits per heavy atom. The van der Waals surface area contributed by atoms with Gasteiger partial charge in [-0.05, 0) is 42.8 Å². The molecule has 0 aliphatic rings. The summed E-state index contributed by atoms with van der Waals surface area (Å²) in [6, 6.07) is 11.4. The van der Waals surface area contributed by atoms with Crippen LogP contribution in [0.5, 0.6) is 5.75 Å². The molecule has 3 N–H and O–H groups in total. The summed E-state index contributed by atoms with van der Waals surface area (Å²) in [4.78, 5) is 0.112. The lowest BCUT2D eigenvalue weighted by molar-refractivity contribution is 0.417. The molecule has 0 amide bonds. The average Bonchev–Trinajstić information content (AvgIpc) is 2.38. The van der Waals surface area contributed by atoms with Gasteiger partial charge in [-0.2, -0.15) is 0 Å². The highest BCUT2D eigenvalue weighted by molar-refractivity contribution is 7.92. The molecule has 20 heavy (non-hydrogen) atoms. The predicted octanol–water partition coefficient (Wildman–Crippen LogP) is 2.39. The molecule has 0 spiro atoms. The van der Waals surface area contributed by atoms with Crippen molar-refractivity contribution in [3.05, 3.63) is 48.0 Å². The first-order chi connectivity index (χ1) is 9.42. The topological polar surface area (TPSA) is 81.4 Å². The Hall–Kier alpha value is -2.21. The molecule has 0 bridgehead atoms. The molecule has 106 valence electrons. The van der Waals surface area contributed by atoms with Gasteiger partial charge in [-0.25, -0.2) is 8.42 Å². The molecule has 2 aromatic rings. The van der Waals surface area contributed by atoms with E-state index in [1.165, 1.54) is 19.2 Å². The number of aryl methyl sites for hydroxylation is 1. The Kier molecular flexibility index (Phi) is 3.85. The summed E-state index contributed by atoms with van der Waals surface area (Å²) in [5.74, 6) is 0.461. The van der Waals surface area contributed by atoms with Crippen LogP contribution in [0.15, 0.2) is 47.4 Å². The normalized spacial score (nSPS) is 11.1. The quantitative estimate of drug-likeness (QED) is 0.848. The van der Waals surface area contributed by atoms with Crippen molar-refractivity contribution in [2.45, 2.75) is 11.8 Å². The van der Waals surface area contributed by atoms with E-state index in [0.29, 0.717) is 17.1 Å². The maximum Gasteiger partial charge on any atom is 0.262 e. The highest BCUT2D eigenvalue weighted by Gasteiger charge is 2.16. The highest BCUT2D eigenvalue weighted by atomic mass is 32.2. The van der Waals surface area contributed by atoms with Gasteiger partial charge in [-0.1, -0.05) is 12.1 Å². The Balaban J connectivity index is 2.40. The number of anilines is 2. The van der Waals surface area contributed by atoms with Crippen molar-refractivity contribution >= 4 is 21.4 Å². The van der Waals surface area contributed by atoms with Crippen LogP contribution < -0.4 is 15.2 Å². The second-order valence-corrected chi connectivity index (χ2v) is 6.06. The Labute approximate surface area is 118 Å². The summed E-state index contributed by atoms with van der Waals surface area (Å²) >= 11 is 0. The predicted molar refractivity (Wildman–Crippen MR) is 79.4 cm³/mol. The lowest BCUT2D eigenvalue weighted by Gasteiger charge is -2.12. The van der Waals surface area contributed by atoms with Gasteiger partial charge >= 0.3 is 0 Å². The Morgan fingerprint density at radius 3 is 2.55 bits per heavy atom. The number of rotatable bonds is 4. The van der Waals surface area contributed by atoms with Crippen molar-refractivity contribution in [3.63, 3.8) is 0 Å². The van der Waals surface area contributed by atoms with Gasteiger partial charge in [0.15, 0.2) is 0 Å². The Bertz CT molecular complexity index is 727. The molecule has 0 aromatic heterocycles. The second-order valence-electron chi connectivity index (χ2n) is 4.38. The first-order valence-electron chi connectivity index (χ1n) is 5.95. The number of nitrogens with one attached hydrogen (secondary N) is 1. The molecule has 0 radical (unpaired) electrons. The van der Waals surface area contributed by atoms with E-state index in [-0.39, 0.29) is 4.90 Å². The van der Waals surface area contributed by atoms with Crippen LogP contribution in [0.25, 0.3) is 0 Å². The van der Waals surface area contributed by atoms with Crippen LogP contribution in [0.3, 0.4) is 0 Å². The fraction of sp³-hybridized carbons (Fsp3) is 0.143. The maximum atomic E-state index is 12.3. The van der Waals surface area contributed by atoms with E-state index >= 15 is 0 Å². The van der Waals surface area contributed by atoms with Gasteiger partial charge in [0, 0.05) is 5.69 Å². The number of nitrogens with two attached hydrogens (primary N) is 1. The third-order valence-electron chi connectivity index (χ3n) is 2.77. The molecule has 5 nitrogen and oxygen atoms in total. The fourth-order valence-electron chi connectivity index (χ4n) is 1.79. The van der Waals surface area contributed by atoms with Crippen molar-refractivity contribution < 1.29 is 13.2 Å². The number of hydrogen-bond acceptors (Lipinski definition) is 4. The third-order valence-corrected chi connectivity index (χ3v) is 4.13. The molecule has 0 aliphatic carbocycles. The second kappa shape index (κ2) is 5.42. The molecule has 0 saturated carbocycles. The van der Waals surface area contributed by atoms with Crippen molar-refractivity contribution in [2.24, 2.45) is 0 Å². The van der Waals surface area contributed by atoms with Crippen LogP contribution in [-0.4, -0.2) is 15.5 Å². The summed E-state index contributed by atoms with van der Waals surface area (Å²) in [6.07, 6.45) is 0. The van der Waals surface area contributed by atoms with Crippen LogP contribution in [0.2, 0.25) is 0 Å². The number of ether oxygens (including phenoxy) is 1. The zero-order valence-corrected chi connectivity index (χ0v) is 12.1. The first-order valence-corrected chi connectivity index (χ1v) is 7.44. The van der Waals surface area contributed by atoms with Crippen molar-refractivity contribution in [1.29, 1.82) is 0 Å². The summed E-state index contributed by atoms with van der Waals surface area (Å²) in [6.45, 7) is 1.87. The van der Waals surface area contributed by atoms with E-state index in [2.05, 4.69) is 4.72 Å². The summed E-state index contributed by atoms with van der Waals surface area (Å²) < 4.78 is 32.3. The van der Waals surface area contributed by atoms with E-state index in [0.717, 1.165) is 5.56 Å². The van der Waals surface area contributed by atoms with Gasteiger partial charge in [0.25, 0.3) is 10.0 Å². The fourth-order valence-corrected chi connectivity index (χ4v) is 2.90. The summed E-state index contributed by atoms with van der Waals surface area (Å²) in [5.41, 5.74) is 7.33. The van der Waals surface area contributed by atoms with Crippen molar-refractivity contribution in [1.82, 2.24) is 0 Å². The van der Waals surface area contributed by atoms with Gasteiger partial charge < -0.3 is 10.5 Å². The minimum Gasteiger partial charge on any atom is -0.495 e. The molecule has 0 aliphatic heterocycles. The van der Waals surface area contributed by atoms with Crippen molar-refractivity contribution in [3.8, 4) is 5.75 Å². The van der Waals surface area contributed by atoms with Gasteiger partial charge in [0.2, 0.25) is 0 Å². The van der Waals surface area contributed by atoms with Crippen LogP contribution in [-0.2, 0) is 10.0 Å². The number of nitrogen functional groups attached to an aromatic ring is 1. The lowest BCUT2D eigenvalue weighted by atomic mass is 10.2. The molecule has 2 rings (SSSR count). The first kappa shape index (κ1) is 14.2. The molecule has 6 heteroatoms. The number of hydrogen-bond donors (Lipinski definition) is 2. The Morgan fingerprint density at radius 2 is 1.90 bits per heavy atom. The molecule has 0 atom stereocenters.